The average molecular weight is 572 g/mol. The van der Waals surface area contributed by atoms with Crippen molar-refractivity contribution < 1.29 is 31.7 Å². The van der Waals surface area contributed by atoms with E-state index in [9.17, 15) is 18.0 Å². The Morgan fingerprint density at radius 3 is 2.00 bits per heavy atom. The Morgan fingerprint density at radius 2 is 1.39 bits per heavy atom. The number of hydrogen-bond donors (Lipinski definition) is 1. The van der Waals surface area contributed by atoms with Crippen LogP contribution in [0.2, 0.25) is 0 Å². The molecule has 0 saturated carbocycles. The molecule has 0 radical (unpaired) electrons. The summed E-state index contributed by atoms with van der Waals surface area (Å²) in [5.41, 5.74) is 5.23. The number of esters is 1. The Kier molecular flexibility index (Phi) is 8.35. The molecular formula is C32H29NO7S. The number of nitrogens with one attached hydrogen (secondary N) is 1. The zero-order chi connectivity index (χ0) is 28.8. The highest BCUT2D eigenvalue weighted by molar-refractivity contribution is 7.87. The number of rotatable bonds is 10. The lowest BCUT2D eigenvalue weighted by Crippen LogP contribution is -2.35. The second-order valence-corrected chi connectivity index (χ2v) is 11.2. The molecule has 0 saturated heterocycles. The molecule has 0 spiro atoms. The van der Waals surface area contributed by atoms with Gasteiger partial charge in [-0.2, -0.15) is 8.42 Å². The van der Waals surface area contributed by atoms with Crippen LogP contribution in [-0.2, 0) is 30.8 Å². The molecule has 4 aromatic carbocycles. The minimum absolute atomic E-state index is 0.00395. The second kappa shape index (κ2) is 12.3. The SMILES string of the molecule is COC(=O)C(CNC(=O)OCC1c2ccccc2-c2ccccc21)Cc1ccc(OS(=O)(=O)c2ccccc2)cc1. The molecule has 1 N–H and O–H groups in total. The van der Waals surface area contributed by atoms with Gasteiger partial charge < -0.3 is 19.0 Å². The molecule has 0 bridgehead atoms. The largest absolute Gasteiger partial charge is 0.469 e. The quantitative estimate of drug-likeness (QED) is 0.203. The van der Waals surface area contributed by atoms with E-state index in [4.69, 9.17) is 13.7 Å². The van der Waals surface area contributed by atoms with Crippen LogP contribution in [0, 0.1) is 5.92 Å². The van der Waals surface area contributed by atoms with Gasteiger partial charge in [-0.3, -0.25) is 4.79 Å². The van der Waals surface area contributed by atoms with E-state index in [-0.39, 0.29) is 36.1 Å². The van der Waals surface area contributed by atoms with Gasteiger partial charge in [0.15, 0.2) is 0 Å². The third kappa shape index (κ3) is 6.41. The zero-order valence-corrected chi connectivity index (χ0v) is 23.2. The highest BCUT2D eigenvalue weighted by Crippen LogP contribution is 2.44. The van der Waals surface area contributed by atoms with E-state index in [1.807, 2.05) is 36.4 Å². The lowest BCUT2D eigenvalue weighted by atomic mass is 9.98. The van der Waals surface area contributed by atoms with Crippen molar-refractivity contribution >= 4 is 22.2 Å². The molecule has 5 rings (SSSR count). The minimum atomic E-state index is -3.97. The number of benzene rings is 4. The monoisotopic (exact) mass is 571 g/mol. The summed E-state index contributed by atoms with van der Waals surface area (Å²) in [4.78, 5) is 25.1. The number of carbonyl (C=O) groups excluding carboxylic acids is 2. The van der Waals surface area contributed by atoms with E-state index in [2.05, 4.69) is 17.4 Å². The number of fused-ring (bicyclic) bond motifs is 3. The van der Waals surface area contributed by atoms with Crippen LogP contribution in [-0.4, -0.2) is 40.7 Å². The maximum Gasteiger partial charge on any atom is 0.407 e. The van der Waals surface area contributed by atoms with Gasteiger partial charge in [0.25, 0.3) is 0 Å². The van der Waals surface area contributed by atoms with Crippen LogP contribution in [0.5, 0.6) is 5.75 Å². The van der Waals surface area contributed by atoms with E-state index in [0.29, 0.717) is 0 Å². The average Bonchev–Trinajstić information content (AvgIpc) is 3.32. The number of hydrogen-bond acceptors (Lipinski definition) is 7. The van der Waals surface area contributed by atoms with Crippen LogP contribution in [0.25, 0.3) is 11.1 Å². The fourth-order valence-electron chi connectivity index (χ4n) is 4.99. The molecule has 1 unspecified atom stereocenters. The molecule has 1 aliphatic carbocycles. The number of carbonyl (C=O) groups is 2. The van der Waals surface area contributed by atoms with Gasteiger partial charge in [-0.15, -0.1) is 0 Å². The molecule has 0 heterocycles. The predicted molar refractivity (Wildman–Crippen MR) is 153 cm³/mol. The molecule has 1 aliphatic rings. The van der Waals surface area contributed by atoms with E-state index < -0.39 is 28.1 Å². The number of methoxy groups -OCH3 is 1. The molecule has 0 aromatic heterocycles. The third-order valence-corrected chi connectivity index (χ3v) is 8.28. The summed E-state index contributed by atoms with van der Waals surface area (Å²) < 4.78 is 40.7. The van der Waals surface area contributed by atoms with E-state index in [1.165, 1.54) is 31.4 Å². The van der Waals surface area contributed by atoms with Crippen molar-refractivity contribution in [2.75, 3.05) is 20.3 Å². The maximum atomic E-state index is 12.6. The number of alkyl carbamates (subject to hydrolysis) is 1. The smallest absolute Gasteiger partial charge is 0.407 e. The van der Waals surface area contributed by atoms with Crippen molar-refractivity contribution in [2.24, 2.45) is 5.92 Å². The molecule has 0 fully saturated rings. The standard InChI is InChI=1S/C32H29NO7S/c1-38-31(34)23(19-22-15-17-24(18-16-22)40-41(36,37)25-9-3-2-4-10-25)20-33-32(35)39-21-30-28-13-7-5-11-26(28)27-12-6-8-14-29(27)30/h2-18,23,30H,19-21H2,1H3,(H,33,35). The molecule has 8 nitrogen and oxygen atoms in total. The highest BCUT2D eigenvalue weighted by atomic mass is 32.2. The minimum Gasteiger partial charge on any atom is -0.469 e. The second-order valence-electron chi connectivity index (χ2n) is 9.63. The molecule has 9 heteroatoms. The van der Waals surface area contributed by atoms with Gasteiger partial charge in [0.05, 0.1) is 13.0 Å². The van der Waals surface area contributed by atoms with Crippen molar-refractivity contribution in [3.63, 3.8) is 0 Å². The van der Waals surface area contributed by atoms with E-state index >= 15 is 0 Å². The molecular weight excluding hydrogens is 542 g/mol. The van der Waals surface area contributed by atoms with Gasteiger partial charge in [-0.05, 0) is 58.5 Å². The van der Waals surface area contributed by atoms with Crippen molar-refractivity contribution in [3.05, 3.63) is 120 Å². The summed E-state index contributed by atoms with van der Waals surface area (Å²) in [5.74, 6) is -1.10. The molecule has 1 atom stereocenters. The van der Waals surface area contributed by atoms with Gasteiger partial charge in [0, 0.05) is 12.5 Å². The third-order valence-electron chi connectivity index (χ3n) is 7.01. The predicted octanol–water partition coefficient (Wildman–Crippen LogP) is 5.32. The first-order valence-electron chi connectivity index (χ1n) is 13.1. The normalized spacial score (nSPS) is 13.0. The van der Waals surface area contributed by atoms with Crippen LogP contribution in [0.3, 0.4) is 0 Å². The first kappa shape index (κ1) is 27.9. The fourth-order valence-corrected chi connectivity index (χ4v) is 5.94. The van der Waals surface area contributed by atoms with E-state index in [1.54, 1.807) is 30.3 Å². The highest BCUT2D eigenvalue weighted by Gasteiger charge is 2.29. The van der Waals surface area contributed by atoms with Gasteiger partial charge in [0.1, 0.15) is 17.3 Å². The summed E-state index contributed by atoms with van der Waals surface area (Å²) >= 11 is 0. The van der Waals surface area contributed by atoms with Gasteiger partial charge in [0.2, 0.25) is 0 Å². The van der Waals surface area contributed by atoms with Crippen LogP contribution in [0.4, 0.5) is 4.79 Å². The Morgan fingerprint density at radius 1 is 0.805 bits per heavy atom. The lowest BCUT2D eigenvalue weighted by Gasteiger charge is -2.17. The Bertz CT molecular complexity index is 1590. The Balaban J connectivity index is 1.17. The van der Waals surface area contributed by atoms with Crippen LogP contribution in [0.1, 0.15) is 22.6 Å². The van der Waals surface area contributed by atoms with Gasteiger partial charge in [-0.25, -0.2) is 4.79 Å². The van der Waals surface area contributed by atoms with Crippen molar-refractivity contribution in [1.82, 2.24) is 5.32 Å². The van der Waals surface area contributed by atoms with Crippen LogP contribution >= 0.6 is 0 Å². The maximum absolute atomic E-state index is 12.6. The first-order valence-corrected chi connectivity index (χ1v) is 14.5. The number of ether oxygens (including phenoxy) is 2. The molecule has 0 aliphatic heterocycles. The summed E-state index contributed by atoms with van der Waals surface area (Å²) in [6.07, 6.45) is -0.377. The van der Waals surface area contributed by atoms with Crippen LogP contribution < -0.4 is 9.50 Å². The Hall–Kier alpha value is -4.63. The summed E-state index contributed by atoms with van der Waals surface area (Å²) in [5, 5.41) is 2.68. The van der Waals surface area contributed by atoms with Crippen molar-refractivity contribution in [3.8, 4) is 16.9 Å². The van der Waals surface area contributed by atoms with Crippen molar-refractivity contribution in [1.29, 1.82) is 0 Å². The lowest BCUT2D eigenvalue weighted by molar-refractivity contribution is -0.145. The van der Waals surface area contributed by atoms with Crippen LogP contribution in [0.15, 0.2) is 108 Å². The first-order chi connectivity index (χ1) is 19.9. The molecule has 41 heavy (non-hydrogen) atoms. The summed E-state index contributed by atoms with van der Waals surface area (Å²) in [6.45, 7) is 0.167. The van der Waals surface area contributed by atoms with E-state index in [0.717, 1.165) is 27.8 Å². The van der Waals surface area contributed by atoms with Gasteiger partial charge in [-0.1, -0.05) is 78.9 Å². The summed E-state index contributed by atoms with van der Waals surface area (Å²) in [7, 11) is -2.68. The zero-order valence-electron chi connectivity index (χ0n) is 22.4. The Labute approximate surface area is 239 Å². The molecule has 210 valence electrons. The topological polar surface area (TPSA) is 108 Å². The number of amides is 1. The van der Waals surface area contributed by atoms with Gasteiger partial charge >= 0.3 is 22.2 Å². The summed E-state index contributed by atoms with van der Waals surface area (Å²) in [6, 6.07) is 30.4. The molecule has 4 aromatic rings. The van der Waals surface area contributed by atoms with Crippen molar-refractivity contribution in [2.45, 2.75) is 17.2 Å². The molecule has 1 amide bonds. The fraction of sp³-hybridized carbons (Fsp3) is 0.188.